The van der Waals surface area contributed by atoms with Gasteiger partial charge >= 0.3 is 0 Å². The minimum Gasteiger partial charge on any atom is -0.312 e. The molecule has 2 N–H and O–H groups in total. The fourth-order valence-electron chi connectivity index (χ4n) is 1.75. The van der Waals surface area contributed by atoms with Crippen LogP contribution in [0.3, 0.4) is 0 Å². The van der Waals surface area contributed by atoms with Gasteiger partial charge in [-0.3, -0.25) is 5.10 Å². The maximum absolute atomic E-state index is 14.1. The molecule has 0 saturated heterocycles. The molecule has 3 aromatic heterocycles. The van der Waals surface area contributed by atoms with Crippen LogP contribution >= 0.6 is 11.9 Å². The van der Waals surface area contributed by atoms with Gasteiger partial charge in [-0.1, -0.05) is 23.8 Å². The molecule has 0 bridgehead atoms. The molecular weight excluding hydrogens is 289 g/mol. The molecule has 0 atom stereocenters. The summed E-state index contributed by atoms with van der Waals surface area (Å²) in [6.07, 6.45) is 6.60. The van der Waals surface area contributed by atoms with Gasteiger partial charge in [-0.2, -0.15) is 5.10 Å². The standard InChI is InChI=1S/C14H10FN5S/c1-21-20-14-12(15)10(4-5-16-14)3-2-9-6-11-8-18-19-13(11)17-7-9/h4-8H,1H3,(H,16,20)(H,17,18,19). The number of hydrogen-bond acceptors (Lipinski definition) is 5. The zero-order chi connectivity index (χ0) is 14.7. The van der Waals surface area contributed by atoms with Crippen molar-refractivity contribution in [2.45, 2.75) is 0 Å². The predicted molar refractivity (Wildman–Crippen MR) is 81.2 cm³/mol. The number of fused-ring (bicyclic) bond motifs is 1. The minimum absolute atomic E-state index is 0.178. The van der Waals surface area contributed by atoms with Crippen LogP contribution in [0.2, 0.25) is 0 Å². The molecule has 3 aromatic rings. The van der Waals surface area contributed by atoms with E-state index in [1.807, 2.05) is 6.07 Å². The van der Waals surface area contributed by atoms with E-state index in [4.69, 9.17) is 0 Å². The van der Waals surface area contributed by atoms with E-state index in [1.165, 1.54) is 24.2 Å². The molecule has 0 spiro atoms. The highest BCUT2D eigenvalue weighted by atomic mass is 32.2. The molecule has 0 amide bonds. The quantitative estimate of drug-likeness (QED) is 0.562. The highest BCUT2D eigenvalue weighted by molar-refractivity contribution is 7.99. The molecule has 0 aliphatic rings. The number of aromatic amines is 1. The van der Waals surface area contributed by atoms with Crippen molar-refractivity contribution in [2.75, 3.05) is 11.0 Å². The molecule has 0 saturated carbocycles. The lowest BCUT2D eigenvalue weighted by Crippen LogP contribution is -1.96. The number of hydrogen-bond donors (Lipinski definition) is 2. The highest BCUT2D eigenvalue weighted by Crippen LogP contribution is 2.16. The van der Waals surface area contributed by atoms with E-state index in [2.05, 4.69) is 36.7 Å². The van der Waals surface area contributed by atoms with Crippen LogP contribution in [0.4, 0.5) is 10.2 Å². The molecule has 21 heavy (non-hydrogen) atoms. The largest absolute Gasteiger partial charge is 0.312 e. The van der Waals surface area contributed by atoms with Gasteiger partial charge in [0.15, 0.2) is 17.3 Å². The minimum atomic E-state index is -0.461. The molecule has 5 nitrogen and oxygen atoms in total. The highest BCUT2D eigenvalue weighted by Gasteiger charge is 2.06. The SMILES string of the molecule is CSNc1nccc(C#Cc2cnc3[nH]ncc3c2)c1F. The number of nitrogens with one attached hydrogen (secondary N) is 2. The van der Waals surface area contributed by atoms with Crippen LogP contribution in [0.5, 0.6) is 0 Å². The molecule has 3 heterocycles. The van der Waals surface area contributed by atoms with Crippen LogP contribution in [-0.4, -0.2) is 26.4 Å². The molecule has 0 fully saturated rings. The van der Waals surface area contributed by atoms with Gasteiger partial charge in [-0.15, -0.1) is 0 Å². The number of anilines is 1. The summed E-state index contributed by atoms with van der Waals surface area (Å²) in [5.74, 6) is 5.41. The number of rotatable bonds is 2. The van der Waals surface area contributed by atoms with Gasteiger partial charge in [0.25, 0.3) is 0 Å². The van der Waals surface area contributed by atoms with Crippen molar-refractivity contribution >= 4 is 28.8 Å². The second-order valence-corrected chi connectivity index (χ2v) is 4.72. The first-order valence-electron chi connectivity index (χ1n) is 6.02. The smallest absolute Gasteiger partial charge is 0.181 e. The van der Waals surface area contributed by atoms with Crippen molar-refractivity contribution in [2.24, 2.45) is 0 Å². The summed E-state index contributed by atoms with van der Waals surface area (Å²) in [7, 11) is 0. The molecule has 104 valence electrons. The van der Waals surface area contributed by atoms with Crippen molar-refractivity contribution in [3.05, 3.63) is 47.7 Å². The average Bonchev–Trinajstić information content (AvgIpc) is 2.96. The van der Waals surface area contributed by atoms with Gasteiger partial charge in [0, 0.05) is 29.6 Å². The normalized spacial score (nSPS) is 10.2. The van der Waals surface area contributed by atoms with Gasteiger partial charge in [-0.05, 0) is 12.1 Å². The van der Waals surface area contributed by atoms with E-state index in [0.29, 0.717) is 11.2 Å². The van der Waals surface area contributed by atoms with Crippen LogP contribution in [-0.2, 0) is 0 Å². The number of nitrogens with zero attached hydrogens (tertiary/aromatic N) is 3. The number of H-pyrrole nitrogens is 1. The Hall–Kier alpha value is -2.59. The van der Waals surface area contributed by atoms with Crippen molar-refractivity contribution in [1.82, 2.24) is 20.2 Å². The molecular formula is C14H10FN5S. The maximum atomic E-state index is 14.1. The predicted octanol–water partition coefficient (Wildman–Crippen LogP) is 2.58. The van der Waals surface area contributed by atoms with Crippen molar-refractivity contribution in [3.63, 3.8) is 0 Å². The Labute approximate surface area is 124 Å². The van der Waals surface area contributed by atoms with E-state index in [9.17, 15) is 4.39 Å². The number of aromatic nitrogens is 4. The first kappa shape index (κ1) is 13.4. The lowest BCUT2D eigenvalue weighted by atomic mass is 10.2. The molecule has 0 aromatic carbocycles. The number of halogens is 1. The van der Waals surface area contributed by atoms with Gasteiger partial charge in [0.2, 0.25) is 0 Å². The Balaban J connectivity index is 1.94. The first-order valence-corrected chi connectivity index (χ1v) is 7.25. The Bertz CT molecular complexity index is 849. The zero-order valence-corrected chi connectivity index (χ0v) is 11.8. The topological polar surface area (TPSA) is 66.5 Å². The van der Waals surface area contributed by atoms with Crippen LogP contribution in [0.15, 0.2) is 30.7 Å². The molecule has 7 heteroatoms. The first-order chi connectivity index (χ1) is 10.3. The Kier molecular flexibility index (Phi) is 3.71. The van der Waals surface area contributed by atoms with Crippen molar-refractivity contribution in [1.29, 1.82) is 0 Å². The Morgan fingerprint density at radius 1 is 1.29 bits per heavy atom. The summed E-state index contributed by atoms with van der Waals surface area (Å²) in [5.41, 5.74) is 1.68. The third kappa shape index (κ3) is 2.80. The summed E-state index contributed by atoms with van der Waals surface area (Å²) in [5, 5.41) is 7.52. The Morgan fingerprint density at radius 2 is 2.19 bits per heavy atom. The van der Waals surface area contributed by atoms with Gasteiger partial charge in [0.1, 0.15) is 0 Å². The summed E-state index contributed by atoms with van der Waals surface area (Å²) in [4.78, 5) is 8.10. The maximum Gasteiger partial charge on any atom is 0.181 e. The average molecular weight is 299 g/mol. The van der Waals surface area contributed by atoms with Crippen molar-refractivity contribution in [3.8, 4) is 11.8 Å². The summed E-state index contributed by atoms with van der Waals surface area (Å²) >= 11 is 1.27. The molecule has 3 rings (SSSR count). The lowest BCUT2D eigenvalue weighted by Gasteiger charge is -2.03. The van der Waals surface area contributed by atoms with E-state index in [1.54, 1.807) is 18.6 Å². The molecule has 0 radical (unpaired) electrons. The van der Waals surface area contributed by atoms with Crippen LogP contribution in [0.1, 0.15) is 11.1 Å². The zero-order valence-electron chi connectivity index (χ0n) is 11.0. The lowest BCUT2D eigenvalue weighted by molar-refractivity contribution is 0.624. The van der Waals surface area contributed by atoms with E-state index in [0.717, 1.165) is 5.39 Å². The van der Waals surface area contributed by atoms with Gasteiger partial charge in [-0.25, -0.2) is 14.4 Å². The van der Waals surface area contributed by atoms with Crippen molar-refractivity contribution < 1.29 is 4.39 Å². The molecule has 0 unspecified atom stereocenters. The Morgan fingerprint density at radius 3 is 3.05 bits per heavy atom. The summed E-state index contributed by atoms with van der Waals surface area (Å²) in [6.45, 7) is 0. The second kappa shape index (κ2) is 5.81. The molecule has 0 aliphatic carbocycles. The van der Waals surface area contributed by atoms with Crippen LogP contribution in [0.25, 0.3) is 11.0 Å². The fraction of sp³-hybridized carbons (Fsp3) is 0.0714. The molecule has 0 aliphatic heterocycles. The van der Waals surface area contributed by atoms with Crippen LogP contribution < -0.4 is 4.72 Å². The monoisotopic (exact) mass is 299 g/mol. The van der Waals surface area contributed by atoms with E-state index >= 15 is 0 Å². The second-order valence-electron chi connectivity index (χ2n) is 4.11. The van der Waals surface area contributed by atoms with E-state index < -0.39 is 5.82 Å². The number of pyridine rings is 2. The summed E-state index contributed by atoms with van der Waals surface area (Å²) in [6, 6.07) is 3.39. The summed E-state index contributed by atoms with van der Waals surface area (Å²) < 4.78 is 16.9. The third-order valence-electron chi connectivity index (χ3n) is 2.72. The van der Waals surface area contributed by atoms with Crippen LogP contribution in [0, 0.1) is 17.7 Å². The van der Waals surface area contributed by atoms with Gasteiger partial charge in [0.05, 0.1) is 11.8 Å². The third-order valence-corrected chi connectivity index (χ3v) is 3.12. The van der Waals surface area contributed by atoms with E-state index in [-0.39, 0.29) is 11.4 Å². The fourth-order valence-corrected chi connectivity index (χ4v) is 2.09. The van der Waals surface area contributed by atoms with Gasteiger partial charge < -0.3 is 4.72 Å².